The number of carboxylic acids is 1. The highest BCUT2D eigenvalue weighted by Gasteiger charge is 2.34. The number of aliphatic hydroxyl groups excluding tert-OH is 1. The van der Waals surface area contributed by atoms with Crippen molar-refractivity contribution in [3.8, 4) is 5.75 Å². The summed E-state index contributed by atoms with van der Waals surface area (Å²) in [6.07, 6.45) is 1.01. The van der Waals surface area contributed by atoms with Crippen LogP contribution in [0.1, 0.15) is 37.3 Å². The highest BCUT2D eigenvalue weighted by molar-refractivity contribution is 7.80. The molecule has 5 amide bonds. The van der Waals surface area contributed by atoms with Crippen molar-refractivity contribution < 1.29 is 44.1 Å². The molecule has 13 N–H and O–H groups in total. The number of aromatic hydroxyl groups is 1. The maximum Gasteiger partial charge on any atom is 0.327 e. The van der Waals surface area contributed by atoms with E-state index in [9.17, 15) is 44.1 Å². The summed E-state index contributed by atoms with van der Waals surface area (Å²) >= 11 is 8.00. The van der Waals surface area contributed by atoms with Gasteiger partial charge in [0, 0.05) is 41.4 Å². The number of thiol groups is 2. The molecule has 0 saturated heterocycles. The molecule has 0 fully saturated rings. The second-order valence-electron chi connectivity index (χ2n) is 13.0. The lowest BCUT2D eigenvalue weighted by Crippen LogP contribution is -2.61. The highest BCUT2D eigenvalue weighted by atomic mass is 32.1. The third kappa shape index (κ3) is 13.5. The Kier molecular flexibility index (Phi) is 17.8. The Hall–Kier alpha value is -4.82. The SMILES string of the molecule is C[C@@H](O)[C@H](NC(=O)[C@H](CCCCN)NC(=O)[C@@H](Cc1c[nH]c2ccccc12)NC(=O)[C@H](Cc1ccc(O)cc1)NC(=O)[C@H](N)CS)C(=O)N[C@@H](CS)C(=O)O. The van der Waals surface area contributed by atoms with Gasteiger partial charge in [-0.3, -0.25) is 24.0 Å². The predicted octanol–water partition coefficient (Wildman–Crippen LogP) is -1.14. The number of H-pyrrole nitrogens is 1. The van der Waals surface area contributed by atoms with E-state index < -0.39 is 77.9 Å². The van der Waals surface area contributed by atoms with Gasteiger partial charge in [0.1, 0.15) is 36.0 Å². The van der Waals surface area contributed by atoms with Gasteiger partial charge in [0.05, 0.1) is 12.1 Å². The zero-order valence-corrected chi connectivity index (χ0v) is 32.0. The topological polar surface area (TPSA) is 291 Å². The van der Waals surface area contributed by atoms with Gasteiger partial charge in [-0.2, -0.15) is 25.3 Å². The molecule has 0 aliphatic carbocycles. The molecule has 0 radical (unpaired) electrons. The lowest BCUT2D eigenvalue weighted by atomic mass is 10.0. The van der Waals surface area contributed by atoms with Gasteiger partial charge in [-0.25, -0.2) is 4.79 Å². The van der Waals surface area contributed by atoms with Crippen molar-refractivity contribution >= 4 is 71.7 Å². The summed E-state index contributed by atoms with van der Waals surface area (Å²) in [5.74, 6) is -5.69. The first kappa shape index (κ1) is 44.6. The van der Waals surface area contributed by atoms with Crippen molar-refractivity contribution in [1.82, 2.24) is 31.6 Å². The molecule has 0 unspecified atom stereocenters. The summed E-state index contributed by atoms with van der Waals surface area (Å²) < 4.78 is 0. The Morgan fingerprint density at radius 1 is 0.745 bits per heavy atom. The molecule has 0 spiro atoms. The number of hydrogen-bond donors (Lipinski definition) is 13. The first-order valence-electron chi connectivity index (χ1n) is 17.6. The summed E-state index contributed by atoms with van der Waals surface area (Å²) in [6, 6.07) is 5.39. The molecule has 300 valence electrons. The Morgan fingerprint density at radius 2 is 1.33 bits per heavy atom. The first-order valence-corrected chi connectivity index (χ1v) is 18.9. The molecule has 3 aromatic rings. The van der Waals surface area contributed by atoms with E-state index in [0.29, 0.717) is 24.0 Å². The molecule has 55 heavy (non-hydrogen) atoms. The van der Waals surface area contributed by atoms with Gasteiger partial charge in [0.25, 0.3) is 0 Å². The monoisotopic (exact) mass is 802 g/mol. The maximum atomic E-state index is 14.2. The fraction of sp³-hybridized carbons (Fsp3) is 0.444. The number of carboxylic acid groups (broad SMARTS) is 1. The molecule has 1 aromatic heterocycles. The van der Waals surface area contributed by atoms with E-state index in [1.807, 2.05) is 24.3 Å². The van der Waals surface area contributed by atoms with Gasteiger partial charge >= 0.3 is 5.97 Å². The van der Waals surface area contributed by atoms with Crippen LogP contribution in [0.5, 0.6) is 5.75 Å². The summed E-state index contributed by atoms with van der Waals surface area (Å²) in [4.78, 5) is 82.4. The molecule has 2 aromatic carbocycles. The van der Waals surface area contributed by atoms with Crippen LogP contribution in [0.2, 0.25) is 0 Å². The minimum atomic E-state index is -1.60. The third-order valence-corrected chi connectivity index (χ3v) is 9.47. The second-order valence-corrected chi connectivity index (χ2v) is 13.7. The van der Waals surface area contributed by atoms with Crippen LogP contribution >= 0.6 is 25.3 Å². The minimum Gasteiger partial charge on any atom is -0.508 e. The maximum absolute atomic E-state index is 14.2. The minimum absolute atomic E-state index is 0.00564. The fourth-order valence-corrected chi connectivity index (χ4v) is 5.99. The van der Waals surface area contributed by atoms with Crippen LogP contribution in [0.25, 0.3) is 10.9 Å². The van der Waals surface area contributed by atoms with Crippen molar-refractivity contribution in [1.29, 1.82) is 0 Å². The molecule has 3 rings (SSSR count). The lowest BCUT2D eigenvalue weighted by molar-refractivity contribution is -0.142. The molecular formula is C36H50N8O9S2. The number of rotatable bonds is 22. The Balaban J connectivity index is 1.95. The Bertz CT molecular complexity index is 1780. The number of aromatic nitrogens is 1. The largest absolute Gasteiger partial charge is 0.508 e. The van der Waals surface area contributed by atoms with E-state index in [-0.39, 0.29) is 43.1 Å². The van der Waals surface area contributed by atoms with Gasteiger partial charge in [-0.15, -0.1) is 0 Å². The van der Waals surface area contributed by atoms with Crippen LogP contribution in [0.3, 0.4) is 0 Å². The van der Waals surface area contributed by atoms with Crippen molar-refractivity contribution in [3.05, 3.63) is 65.9 Å². The summed E-state index contributed by atoms with van der Waals surface area (Å²) in [5.41, 5.74) is 13.6. The van der Waals surface area contributed by atoms with Crippen molar-refractivity contribution in [2.75, 3.05) is 18.1 Å². The lowest BCUT2D eigenvalue weighted by Gasteiger charge is -2.28. The van der Waals surface area contributed by atoms with Crippen molar-refractivity contribution in [2.24, 2.45) is 11.5 Å². The van der Waals surface area contributed by atoms with Crippen LogP contribution in [-0.2, 0) is 41.6 Å². The quantitative estimate of drug-likeness (QED) is 0.0426. The number of fused-ring (bicyclic) bond motifs is 1. The molecule has 0 aliphatic heterocycles. The summed E-state index contributed by atoms with van der Waals surface area (Å²) in [5, 5.41) is 42.9. The average Bonchev–Trinajstić information content (AvgIpc) is 3.57. The van der Waals surface area contributed by atoms with Gasteiger partial charge in [0.2, 0.25) is 29.5 Å². The molecular weight excluding hydrogens is 753 g/mol. The first-order chi connectivity index (χ1) is 26.2. The number of phenolic OH excluding ortho intramolecular Hbond substituents is 1. The number of carbonyl (C=O) groups is 6. The van der Waals surface area contributed by atoms with Crippen LogP contribution in [-0.4, -0.2) is 116 Å². The van der Waals surface area contributed by atoms with E-state index in [2.05, 4.69) is 56.8 Å². The molecule has 17 nitrogen and oxygen atoms in total. The Labute approximate surface area is 328 Å². The number of phenols is 1. The average molecular weight is 803 g/mol. The van der Waals surface area contributed by atoms with Gasteiger partial charge in [0.15, 0.2) is 0 Å². The van der Waals surface area contributed by atoms with E-state index in [4.69, 9.17) is 11.5 Å². The predicted molar refractivity (Wildman–Crippen MR) is 211 cm³/mol. The standard InChI is InChI=1S/C36H50N8O9S2/c1-19(45)30(35(51)43-29(18-55)36(52)53)44-32(48)26(8-4-5-13-37)40-34(50)28(15-21-16-39-25-7-3-2-6-23(21)25)42-33(49)27(41-31(47)24(38)17-54)14-20-9-11-22(46)12-10-20/h2-3,6-7,9-12,16,19,24,26-30,39,45-46,54-55H,4-5,8,13-15,17-18,37-38H2,1H3,(H,40,50)(H,41,47)(H,42,49)(H,43,51)(H,44,48)(H,52,53)/t19-,24-,26+,27+,28-,29+,30+/m1/s1. The molecule has 0 bridgehead atoms. The normalized spacial score (nSPS) is 15.0. The van der Waals surface area contributed by atoms with Crippen molar-refractivity contribution in [3.63, 3.8) is 0 Å². The number of carbonyl (C=O) groups excluding carboxylic acids is 5. The number of unbranched alkanes of at least 4 members (excludes halogenated alkanes) is 1. The van der Waals surface area contributed by atoms with E-state index in [1.165, 1.54) is 19.1 Å². The summed E-state index contributed by atoms with van der Waals surface area (Å²) in [6.45, 7) is 1.51. The number of amides is 5. The zero-order valence-electron chi connectivity index (χ0n) is 30.2. The number of benzene rings is 2. The zero-order chi connectivity index (χ0) is 40.7. The van der Waals surface area contributed by atoms with Gasteiger partial charge in [-0.1, -0.05) is 30.3 Å². The summed E-state index contributed by atoms with van der Waals surface area (Å²) in [7, 11) is 0. The van der Waals surface area contributed by atoms with Crippen LogP contribution < -0.4 is 38.1 Å². The second kappa shape index (κ2) is 21.9. The number of aromatic amines is 1. The molecule has 0 saturated carbocycles. The number of hydrogen-bond acceptors (Lipinski definition) is 12. The molecule has 7 atom stereocenters. The molecule has 19 heteroatoms. The molecule has 1 heterocycles. The third-order valence-electron chi connectivity index (χ3n) is 8.71. The van der Waals surface area contributed by atoms with Gasteiger partial charge < -0.3 is 58.4 Å². The number of nitrogens with two attached hydrogens (primary N) is 2. The van der Waals surface area contributed by atoms with Gasteiger partial charge in [-0.05, 0) is 62.1 Å². The Morgan fingerprint density at radius 3 is 1.93 bits per heavy atom. The number of para-hydroxylation sites is 1. The number of aliphatic hydroxyl groups is 1. The van der Waals surface area contributed by atoms with E-state index >= 15 is 0 Å². The van der Waals surface area contributed by atoms with Crippen LogP contribution in [0.4, 0.5) is 0 Å². The van der Waals surface area contributed by atoms with Crippen LogP contribution in [0, 0.1) is 0 Å². The van der Waals surface area contributed by atoms with Crippen LogP contribution in [0.15, 0.2) is 54.7 Å². The van der Waals surface area contributed by atoms with E-state index in [1.54, 1.807) is 18.3 Å². The fourth-order valence-electron chi connectivity index (χ4n) is 5.58. The molecule has 0 aliphatic rings. The number of nitrogens with one attached hydrogen (secondary N) is 6. The van der Waals surface area contributed by atoms with E-state index in [0.717, 1.165) is 10.9 Å². The highest BCUT2D eigenvalue weighted by Crippen LogP contribution is 2.20. The number of aliphatic carboxylic acids is 1. The smallest absolute Gasteiger partial charge is 0.327 e. The van der Waals surface area contributed by atoms with Crippen molar-refractivity contribution in [2.45, 2.75) is 81.4 Å².